The molecule has 2 aromatic rings. The molecular formula is C15H20N2O. The number of benzene rings is 1. The zero-order chi connectivity index (χ0) is 13.0. The average molecular weight is 244 g/mol. The molecule has 1 heterocycles. The highest BCUT2D eigenvalue weighted by atomic mass is 16.2. The topological polar surface area (TPSA) is 38.0 Å². The van der Waals surface area contributed by atoms with E-state index in [4.69, 9.17) is 5.11 Å². The molecule has 3 heteroatoms. The van der Waals surface area contributed by atoms with Crippen LogP contribution in [0, 0.1) is 5.92 Å². The minimum absolute atomic E-state index is 0.178. The van der Waals surface area contributed by atoms with Crippen LogP contribution in [-0.2, 0) is 13.0 Å². The van der Waals surface area contributed by atoms with Gasteiger partial charge >= 0.3 is 0 Å². The van der Waals surface area contributed by atoms with E-state index < -0.39 is 0 Å². The summed E-state index contributed by atoms with van der Waals surface area (Å²) in [5.41, 5.74) is 3.46. The van der Waals surface area contributed by atoms with E-state index in [0.717, 1.165) is 12.1 Å². The van der Waals surface area contributed by atoms with E-state index in [-0.39, 0.29) is 6.61 Å². The van der Waals surface area contributed by atoms with Crippen LogP contribution in [0.3, 0.4) is 0 Å². The van der Waals surface area contributed by atoms with Gasteiger partial charge in [-0.15, -0.1) is 0 Å². The maximum atomic E-state index is 9.09. The van der Waals surface area contributed by atoms with E-state index in [2.05, 4.69) is 37.3 Å². The van der Waals surface area contributed by atoms with Crippen LogP contribution in [0.4, 0.5) is 0 Å². The largest absolute Gasteiger partial charge is 0.396 e. The van der Waals surface area contributed by atoms with Gasteiger partial charge in [0.15, 0.2) is 0 Å². The van der Waals surface area contributed by atoms with E-state index in [1.165, 1.54) is 11.1 Å². The third-order valence-electron chi connectivity index (χ3n) is 2.89. The first-order valence-electron chi connectivity index (χ1n) is 6.42. The van der Waals surface area contributed by atoms with Crippen LogP contribution in [-0.4, -0.2) is 21.5 Å². The van der Waals surface area contributed by atoms with Crippen molar-refractivity contribution in [1.82, 2.24) is 9.78 Å². The summed E-state index contributed by atoms with van der Waals surface area (Å²) < 4.78 is 1.98. The predicted octanol–water partition coefficient (Wildman–Crippen LogP) is 2.74. The van der Waals surface area contributed by atoms with Gasteiger partial charge in [-0.25, -0.2) is 0 Å². The molecule has 1 aromatic carbocycles. The molecule has 96 valence electrons. The third kappa shape index (κ3) is 2.99. The molecule has 0 aliphatic rings. The van der Waals surface area contributed by atoms with E-state index in [9.17, 15) is 0 Å². The molecule has 0 unspecified atom stereocenters. The van der Waals surface area contributed by atoms with E-state index in [1.807, 2.05) is 23.0 Å². The molecule has 0 fully saturated rings. The number of hydrogen-bond acceptors (Lipinski definition) is 2. The van der Waals surface area contributed by atoms with Crippen LogP contribution in [0.15, 0.2) is 36.7 Å². The highest BCUT2D eigenvalue weighted by Gasteiger charge is 2.07. The van der Waals surface area contributed by atoms with Gasteiger partial charge in [-0.1, -0.05) is 38.1 Å². The lowest BCUT2D eigenvalue weighted by Crippen LogP contribution is -2.04. The van der Waals surface area contributed by atoms with Crippen molar-refractivity contribution in [2.75, 3.05) is 6.61 Å². The molecule has 0 bridgehead atoms. The molecule has 1 aromatic heterocycles. The molecule has 0 radical (unpaired) electrons. The quantitative estimate of drug-likeness (QED) is 0.878. The van der Waals surface area contributed by atoms with Gasteiger partial charge in [0.05, 0.1) is 6.20 Å². The van der Waals surface area contributed by atoms with Crippen molar-refractivity contribution < 1.29 is 5.11 Å². The van der Waals surface area contributed by atoms with Crippen molar-refractivity contribution in [3.8, 4) is 11.1 Å². The number of aromatic nitrogens is 2. The van der Waals surface area contributed by atoms with Gasteiger partial charge in [-0.3, -0.25) is 4.68 Å². The normalized spacial score (nSPS) is 11.1. The molecule has 2 rings (SSSR count). The molecular weight excluding hydrogens is 224 g/mol. The molecule has 1 N–H and O–H groups in total. The molecule has 0 saturated heterocycles. The Kier molecular flexibility index (Phi) is 4.15. The summed E-state index contributed by atoms with van der Waals surface area (Å²) in [5.74, 6) is 0.588. The average Bonchev–Trinajstić information content (AvgIpc) is 2.77. The van der Waals surface area contributed by atoms with Crippen LogP contribution >= 0.6 is 0 Å². The van der Waals surface area contributed by atoms with E-state index in [1.54, 1.807) is 0 Å². The maximum Gasteiger partial charge on any atom is 0.0568 e. The summed E-state index contributed by atoms with van der Waals surface area (Å²) in [7, 11) is 0. The number of rotatable bonds is 5. The van der Waals surface area contributed by atoms with Crippen molar-refractivity contribution >= 4 is 0 Å². The first kappa shape index (κ1) is 12.8. The Balaban J connectivity index is 2.28. The summed E-state index contributed by atoms with van der Waals surface area (Å²) in [6.45, 7) is 5.47. The fourth-order valence-corrected chi connectivity index (χ4v) is 2.12. The van der Waals surface area contributed by atoms with Crippen LogP contribution in [0.1, 0.15) is 19.4 Å². The van der Waals surface area contributed by atoms with Gasteiger partial charge in [0.1, 0.15) is 0 Å². The second-order valence-electron chi connectivity index (χ2n) is 4.98. The van der Waals surface area contributed by atoms with Crippen molar-refractivity contribution in [2.45, 2.75) is 26.8 Å². The highest BCUT2D eigenvalue weighted by Crippen LogP contribution is 2.23. The van der Waals surface area contributed by atoms with Gasteiger partial charge < -0.3 is 5.11 Å². The fraction of sp³-hybridized carbons (Fsp3) is 0.400. The SMILES string of the molecule is CC(C)Cn1cc(-c2ccccc2CCO)cn1. The maximum absolute atomic E-state index is 9.09. The lowest BCUT2D eigenvalue weighted by atomic mass is 10.0. The highest BCUT2D eigenvalue weighted by molar-refractivity contribution is 5.65. The van der Waals surface area contributed by atoms with Crippen LogP contribution in [0.25, 0.3) is 11.1 Å². The lowest BCUT2D eigenvalue weighted by Gasteiger charge is -2.06. The van der Waals surface area contributed by atoms with Crippen LogP contribution in [0.2, 0.25) is 0 Å². The molecule has 0 saturated carbocycles. The first-order chi connectivity index (χ1) is 8.70. The second kappa shape index (κ2) is 5.83. The number of hydrogen-bond donors (Lipinski definition) is 1. The minimum Gasteiger partial charge on any atom is -0.396 e. The molecule has 3 nitrogen and oxygen atoms in total. The monoisotopic (exact) mass is 244 g/mol. The zero-order valence-electron chi connectivity index (χ0n) is 11.0. The molecule has 0 aliphatic carbocycles. The molecule has 0 aliphatic heterocycles. The molecule has 0 atom stereocenters. The van der Waals surface area contributed by atoms with Gasteiger partial charge in [0.25, 0.3) is 0 Å². The zero-order valence-corrected chi connectivity index (χ0v) is 11.0. The molecule has 18 heavy (non-hydrogen) atoms. The second-order valence-corrected chi connectivity index (χ2v) is 4.98. The van der Waals surface area contributed by atoms with Gasteiger partial charge in [-0.2, -0.15) is 5.10 Å². The van der Waals surface area contributed by atoms with Crippen LogP contribution < -0.4 is 0 Å². The van der Waals surface area contributed by atoms with Gasteiger partial charge in [0.2, 0.25) is 0 Å². The number of nitrogens with zero attached hydrogens (tertiary/aromatic N) is 2. The molecule has 0 amide bonds. The predicted molar refractivity (Wildman–Crippen MR) is 73.3 cm³/mol. The van der Waals surface area contributed by atoms with Crippen molar-refractivity contribution in [1.29, 1.82) is 0 Å². The third-order valence-corrected chi connectivity index (χ3v) is 2.89. The summed E-state index contributed by atoms with van der Waals surface area (Å²) in [6, 6.07) is 8.18. The van der Waals surface area contributed by atoms with Crippen LogP contribution in [0.5, 0.6) is 0 Å². The number of aliphatic hydroxyl groups excluding tert-OH is 1. The first-order valence-corrected chi connectivity index (χ1v) is 6.42. The summed E-state index contributed by atoms with van der Waals surface area (Å²) in [4.78, 5) is 0. The Hall–Kier alpha value is -1.61. The van der Waals surface area contributed by atoms with Crippen molar-refractivity contribution in [3.63, 3.8) is 0 Å². The lowest BCUT2D eigenvalue weighted by molar-refractivity contribution is 0.300. The Labute approximate surface area is 108 Å². The van der Waals surface area contributed by atoms with E-state index in [0.29, 0.717) is 12.3 Å². The van der Waals surface area contributed by atoms with Crippen molar-refractivity contribution in [2.24, 2.45) is 5.92 Å². The number of aliphatic hydroxyl groups is 1. The molecule has 0 spiro atoms. The Morgan fingerprint density at radius 3 is 2.78 bits per heavy atom. The summed E-state index contributed by atoms with van der Waals surface area (Å²) >= 11 is 0. The Morgan fingerprint density at radius 2 is 2.06 bits per heavy atom. The Bertz CT molecular complexity index is 503. The van der Waals surface area contributed by atoms with Gasteiger partial charge in [0, 0.05) is 24.9 Å². The van der Waals surface area contributed by atoms with Crippen molar-refractivity contribution in [3.05, 3.63) is 42.2 Å². The minimum atomic E-state index is 0.178. The standard InChI is InChI=1S/C15H20N2O/c1-12(2)10-17-11-14(9-16-17)15-6-4-3-5-13(15)7-8-18/h3-6,9,11-12,18H,7-8,10H2,1-2H3. The summed E-state index contributed by atoms with van der Waals surface area (Å²) in [6.07, 6.45) is 4.67. The van der Waals surface area contributed by atoms with Gasteiger partial charge in [-0.05, 0) is 23.5 Å². The Morgan fingerprint density at radius 1 is 1.28 bits per heavy atom. The smallest absolute Gasteiger partial charge is 0.0568 e. The van der Waals surface area contributed by atoms with E-state index >= 15 is 0 Å². The summed E-state index contributed by atoms with van der Waals surface area (Å²) in [5, 5.41) is 13.5. The fourth-order valence-electron chi connectivity index (χ4n) is 2.12.